The second-order valence-electron chi connectivity index (χ2n) is 5.04. The number of alkyl halides is 3. The molecule has 0 saturated carbocycles. The third-order valence-corrected chi connectivity index (χ3v) is 4.23. The van der Waals surface area contributed by atoms with E-state index in [-0.39, 0.29) is 25.1 Å². The second-order valence-corrected chi connectivity index (χ2v) is 6.10. The Morgan fingerprint density at radius 2 is 1.88 bits per heavy atom. The maximum Gasteiger partial charge on any atom is 0.435 e. The van der Waals surface area contributed by atoms with E-state index >= 15 is 0 Å². The molecule has 24 heavy (non-hydrogen) atoms. The quantitative estimate of drug-likeness (QED) is 0.765. The fourth-order valence-electron chi connectivity index (χ4n) is 2.24. The number of rotatable bonds is 5. The lowest BCUT2D eigenvalue weighted by molar-refractivity contribution is -0.142. The first-order valence-electron chi connectivity index (χ1n) is 7.09. The summed E-state index contributed by atoms with van der Waals surface area (Å²) in [6, 6.07) is 9.41. The van der Waals surface area contributed by atoms with Crippen molar-refractivity contribution in [3.8, 4) is 10.6 Å². The Labute approximate surface area is 139 Å². The average Bonchev–Trinajstić information content (AvgIpc) is 3.16. The first kappa shape index (κ1) is 16.6. The normalized spacial score (nSPS) is 11.8. The summed E-state index contributed by atoms with van der Waals surface area (Å²) in [5.41, 5.74) is -0.0965. The Bertz CT molecular complexity index is 814. The summed E-state index contributed by atoms with van der Waals surface area (Å²) in [7, 11) is 0. The molecule has 0 amide bonds. The maximum atomic E-state index is 13.0. The minimum absolute atomic E-state index is 0.0298. The molecule has 0 aliphatic carbocycles. The third kappa shape index (κ3) is 3.62. The SMILES string of the molecule is OCCc1cn(Cc2nnc(-c3ccccc3)s2)nc1C(F)(F)F. The minimum atomic E-state index is -4.55. The molecule has 5 nitrogen and oxygen atoms in total. The standard InChI is InChI=1S/C15H13F3N4OS/c16-15(17,18)13-11(6-7-23)8-22(21-13)9-12-19-20-14(24-12)10-4-2-1-3-5-10/h1-5,8,23H,6-7,9H2. The molecule has 3 aromatic rings. The first-order chi connectivity index (χ1) is 11.5. The van der Waals surface area contributed by atoms with Gasteiger partial charge in [-0.1, -0.05) is 41.7 Å². The van der Waals surface area contributed by atoms with Crippen molar-refractivity contribution in [2.24, 2.45) is 0 Å². The highest BCUT2D eigenvalue weighted by atomic mass is 32.1. The molecule has 2 heterocycles. The van der Waals surface area contributed by atoms with Crippen molar-refractivity contribution < 1.29 is 18.3 Å². The van der Waals surface area contributed by atoms with Crippen LogP contribution in [0.4, 0.5) is 13.2 Å². The van der Waals surface area contributed by atoms with Crippen LogP contribution in [0.25, 0.3) is 10.6 Å². The fraction of sp³-hybridized carbons (Fsp3) is 0.267. The average molecular weight is 354 g/mol. The van der Waals surface area contributed by atoms with Gasteiger partial charge in [-0.3, -0.25) is 4.68 Å². The van der Waals surface area contributed by atoms with Gasteiger partial charge in [0.2, 0.25) is 0 Å². The summed E-state index contributed by atoms with van der Waals surface area (Å²) in [6.07, 6.45) is -3.35. The predicted molar refractivity (Wildman–Crippen MR) is 82.5 cm³/mol. The van der Waals surface area contributed by atoms with Crippen LogP contribution < -0.4 is 0 Å². The van der Waals surface area contributed by atoms with E-state index in [1.165, 1.54) is 22.2 Å². The lowest BCUT2D eigenvalue weighted by atomic mass is 10.2. The smallest absolute Gasteiger partial charge is 0.396 e. The summed E-state index contributed by atoms with van der Waals surface area (Å²) in [5, 5.41) is 21.8. The van der Waals surface area contributed by atoms with Gasteiger partial charge in [0, 0.05) is 23.9 Å². The van der Waals surface area contributed by atoms with Crippen molar-refractivity contribution >= 4 is 11.3 Å². The zero-order chi connectivity index (χ0) is 17.2. The maximum absolute atomic E-state index is 13.0. The van der Waals surface area contributed by atoms with Gasteiger partial charge in [0.25, 0.3) is 0 Å². The van der Waals surface area contributed by atoms with Gasteiger partial charge in [-0.15, -0.1) is 10.2 Å². The monoisotopic (exact) mass is 354 g/mol. The van der Waals surface area contributed by atoms with Gasteiger partial charge in [0.15, 0.2) is 5.69 Å². The number of aromatic nitrogens is 4. The zero-order valence-electron chi connectivity index (χ0n) is 12.4. The van der Waals surface area contributed by atoms with E-state index in [1.54, 1.807) is 0 Å². The van der Waals surface area contributed by atoms with Gasteiger partial charge in [-0.05, 0) is 6.42 Å². The van der Waals surface area contributed by atoms with Crippen molar-refractivity contribution in [2.45, 2.75) is 19.1 Å². The van der Waals surface area contributed by atoms with Gasteiger partial charge < -0.3 is 5.11 Å². The minimum Gasteiger partial charge on any atom is -0.396 e. The van der Waals surface area contributed by atoms with Gasteiger partial charge in [0.1, 0.15) is 10.0 Å². The van der Waals surface area contributed by atoms with E-state index in [1.807, 2.05) is 30.3 Å². The van der Waals surface area contributed by atoms with Crippen molar-refractivity contribution in [2.75, 3.05) is 6.61 Å². The summed E-state index contributed by atoms with van der Waals surface area (Å²) < 4.78 is 40.1. The number of nitrogens with zero attached hydrogens (tertiary/aromatic N) is 4. The van der Waals surface area contributed by atoms with Crippen LogP contribution in [0.5, 0.6) is 0 Å². The molecule has 0 aliphatic heterocycles. The molecule has 0 radical (unpaired) electrons. The van der Waals surface area contributed by atoms with Crippen LogP contribution in [-0.4, -0.2) is 31.7 Å². The number of hydrogen-bond acceptors (Lipinski definition) is 5. The second kappa shape index (κ2) is 6.70. The number of aliphatic hydroxyl groups is 1. The Hall–Kier alpha value is -2.26. The lowest BCUT2D eigenvalue weighted by Crippen LogP contribution is -2.10. The Balaban J connectivity index is 1.83. The highest BCUT2D eigenvalue weighted by Gasteiger charge is 2.36. The molecule has 9 heteroatoms. The molecule has 0 aliphatic rings. The van der Waals surface area contributed by atoms with E-state index in [0.717, 1.165) is 5.56 Å². The molecular weight excluding hydrogens is 341 g/mol. The molecule has 0 saturated heterocycles. The van der Waals surface area contributed by atoms with Crippen LogP contribution in [0.2, 0.25) is 0 Å². The third-order valence-electron chi connectivity index (χ3n) is 3.27. The number of halogens is 3. The largest absolute Gasteiger partial charge is 0.435 e. The summed E-state index contributed by atoms with van der Waals surface area (Å²) in [6.45, 7) is -0.273. The predicted octanol–water partition coefficient (Wildman–Crippen LogP) is 3.00. The fourth-order valence-corrected chi connectivity index (χ4v) is 3.08. The van der Waals surface area contributed by atoms with Crippen molar-refractivity contribution in [1.29, 1.82) is 0 Å². The Kier molecular flexibility index (Phi) is 4.63. The van der Waals surface area contributed by atoms with Crippen molar-refractivity contribution in [3.05, 3.63) is 52.8 Å². The van der Waals surface area contributed by atoms with Crippen LogP contribution in [0.3, 0.4) is 0 Å². The molecule has 1 aromatic carbocycles. The Morgan fingerprint density at radius 3 is 2.54 bits per heavy atom. The summed E-state index contributed by atoms with van der Waals surface area (Å²) in [4.78, 5) is 0. The van der Waals surface area contributed by atoms with Crippen LogP contribution in [-0.2, 0) is 19.1 Å². The topological polar surface area (TPSA) is 63.8 Å². The molecule has 1 N–H and O–H groups in total. The highest BCUT2D eigenvalue weighted by molar-refractivity contribution is 7.14. The molecule has 0 unspecified atom stereocenters. The van der Waals surface area contributed by atoms with Gasteiger partial charge in [0.05, 0.1) is 6.54 Å². The van der Waals surface area contributed by atoms with E-state index in [4.69, 9.17) is 5.11 Å². The molecule has 126 valence electrons. The number of aliphatic hydroxyl groups excluding tert-OH is 1. The molecular formula is C15H13F3N4OS. The molecule has 0 spiro atoms. The zero-order valence-corrected chi connectivity index (χ0v) is 13.2. The van der Waals surface area contributed by atoms with E-state index < -0.39 is 11.9 Å². The van der Waals surface area contributed by atoms with Gasteiger partial charge in [-0.2, -0.15) is 18.3 Å². The van der Waals surface area contributed by atoms with E-state index in [0.29, 0.717) is 10.0 Å². The molecule has 0 atom stereocenters. The van der Waals surface area contributed by atoms with E-state index in [2.05, 4.69) is 15.3 Å². The molecule has 3 rings (SSSR count). The van der Waals surface area contributed by atoms with Crippen molar-refractivity contribution in [1.82, 2.24) is 20.0 Å². The van der Waals surface area contributed by atoms with E-state index in [9.17, 15) is 13.2 Å². The van der Waals surface area contributed by atoms with Crippen LogP contribution in [0.1, 0.15) is 16.3 Å². The number of hydrogen-bond donors (Lipinski definition) is 1. The van der Waals surface area contributed by atoms with Gasteiger partial charge >= 0.3 is 6.18 Å². The van der Waals surface area contributed by atoms with Crippen LogP contribution in [0, 0.1) is 0 Å². The van der Waals surface area contributed by atoms with Gasteiger partial charge in [-0.25, -0.2) is 0 Å². The molecule has 2 aromatic heterocycles. The summed E-state index contributed by atoms with van der Waals surface area (Å²) in [5.74, 6) is 0. The highest BCUT2D eigenvalue weighted by Crippen LogP contribution is 2.31. The van der Waals surface area contributed by atoms with Crippen LogP contribution >= 0.6 is 11.3 Å². The number of benzene rings is 1. The Morgan fingerprint density at radius 1 is 1.12 bits per heavy atom. The van der Waals surface area contributed by atoms with Crippen molar-refractivity contribution in [3.63, 3.8) is 0 Å². The molecule has 0 bridgehead atoms. The summed E-state index contributed by atoms with van der Waals surface area (Å²) >= 11 is 1.30. The molecule has 0 fully saturated rings. The lowest BCUT2D eigenvalue weighted by Gasteiger charge is -2.04. The van der Waals surface area contributed by atoms with Crippen LogP contribution in [0.15, 0.2) is 36.5 Å². The first-order valence-corrected chi connectivity index (χ1v) is 7.91.